The molecule has 2 aromatic rings. The Kier molecular flexibility index (Phi) is 7.76. The van der Waals surface area contributed by atoms with E-state index in [9.17, 15) is 9.59 Å². The van der Waals surface area contributed by atoms with E-state index < -0.39 is 0 Å². The quantitative estimate of drug-likeness (QED) is 0.735. The summed E-state index contributed by atoms with van der Waals surface area (Å²) in [5.74, 6) is 1.27. The van der Waals surface area contributed by atoms with Gasteiger partial charge in [-0.05, 0) is 49.1 Å². The van der Waals surface area contributed by atoms with Crippen LogP contribution in [0.5, 0.6) is 11.5 Å². The van der Waals surface area contributed by atoms with Crippen molar-refractivity contribution in [2.45, 2.75) is 19.3 Å². The average molecular weight is 426 g/mol. The van der Waals surface area contributed by atoms with Crippen molar-refractivity contribution in [3.8, 4) is 11.5 Å². The van der Waals surface area contributed by atoms with Crippen LogP contribution in [0.4, 0.5) is 10.5 Å². The number of urea groups is 1. The highest BCUT2D eigenvalue weighted by Gasteiger charge is 2.30. The molecule has 3 rings (SSSR count). The van der Waals surface area contributed by atoms with E-state index in [0.717, 1.165) is 24.1 Å². The van der Waals surface area contributed by atoms with Gasteiger partial charge in [-0.3, -0.25) is 4.79 Å². The molecule has 1 heterocycles. The second-order valence-corrected chi connectivity index (χ2v) is 7.78. The van der Waals surface area contributed by atoms with E-state index in [0.29, 0.717) is 37.6 Å². The van der Waals surface area contributed by atoms with Gasteiger partial charge >= 0.3 is 6.03 Å². The molecular weight excluding hydrogens is 394 g/mol. The Hall–Kier alpha value is -3.22. The number of para-hydroxylation sites is 1. The molecule has 0 bridgehead atoms. The van der Waals surface area contributed by atoms with E-state index in [2.05, 4.69) is 5.32 Å². The molecule has 1 N–H and O–H groups in total. The molecule has 1 aliphatic heterocycles. The van der Waals surface area contributed by atoms with Gasteiger partial charge in [0, 0.05) is 32.4 Å². The average Bonchev–Trinajstić information content (AvgIpc) is 2.82. The van der Waals surface area contributed by atoms with Crippen molar-refractivity contribution in [1.82, 2.24) is 9.80 Å². The van der Waals surface area contributed by atoms with Gasteiger partial charge in [-0.1, -0.05) is 24.3 Å². The number of likely N-dealkylation sites (N-methyl/N-ethyl adjacent to an activating group) is 1. The second kappa shape index (κ2) is 10.7. The van der Waals surface area contributed by atoms with E-state index in [-0.39, 0.29) is 17.9 Å². The molecular formula is C24H31N3O4. The van der Waals surface area contributed by atoms with Crippen LogP contribution in [-0.2, 0) is 11.2 Å². The van der Waals surface area contributed by atoms with Crippen molar-refractivity contribution in [3.63, 3.8) is 0 Å². The zero-order valence-corrected chi connectivity index (χ0v) is 18.5. The third-order valence-corrected chi connectivity index (χ3v) is 5.64. The van der Waals surface area contributed by atoms with Crippen molar-refractivity contribution in [3.05, 3.63) is 54.1 Å². The third kappa shape index (κ3) is 5.90. The first-order valence-corrected chi connectivity index (χ1v) is 10.6. The summed E-state index contributed by atoms with van der Waals surface area (Å²) in [6, 6.07) is 15.0. The maximum Gasteiger partial charge on any atom is 0.321 e. The summed E-state index contributed by atoms with van der Waals surface area (Å²) >= 11 is 0. The molecule has 1 fully saturated rings. The predicted molar refractivity (Wildman–Crippen MR) is 121 cm³/mol. The third-order valence-electron chi connectivity index (χ3n) is 5.64. The first-order chi connectivity index (χ1) is 15.0. The zero-order chi connectivity index (χ0) is 22.2. The lowest BCUT2D eigenvalue weighted by molar-refractivity contribution is -0.135. The summed E-state index contributed by atoms with van der Waals surface area (Å²) in [7, 11) is 5.05. The number of ether oxygens (including phenoxy) is 2. The van der Waals surface area contributed by atoms with Crippen LogP contribution in [0.25, 0.3) is 0 Å². The number of carbonyl (C=O) groups excluding carboxylic acids is 2. The van der Waals surface area contributed by atoms with Crippen LogP contribution in [0.3, 0.4) is 0 Å². The number of hydrogen-bond acceptors (Lipinski definition) is 4. The predicted octanol–water partition coefficient (Wildman–Crippen LogP) is 3.65. The topological polar surface area (TPSA) is 71.1 Å². The lowest BCUT2D eigenvalue weighted by Crippen LogP contribution is -2.47. The lowest BCUT2D eigenvalue weighted by Gasteiger charge is -2.34. The Morgan fingerprint density at radius 1 is 1.10 bits per heavy atom. The van der Waals surface area contributed by atoms with Crippen molar-refractivity contribution in [1.29, 1.82) is 0 Å². The van der Waals surface area contributed by atoms with Gasteiger partial charge in [0.25, 0.3) is 0 Å². The minimum absolute atomic E-state index is 0.0812. The van der Waals surface area contributed by atoms with Crippen LogP contribution in [0, 0.1) is 5.92 Å². The molecule has 7 heteroatoms. The summed E-state index contributed by atoms with van der Waals surface area (Å²) in [6.07, 6.45) is 2.34. The monoisotopic (exact) mass is 425 g/mol. The van der Waals surface area contributed by atoms with Crippen LogP contribution in [0.1, 0.15) is 18.4 Å². The fraction of sp³-hybridized carbons (Fsp3) is 0.417. The van der Waals surface area contributed by atoms with Gasteiger partial charge in [-0.2, -0.15) is 0 Å². The van der Waals surface area contributed by atoms with Gasteiger partial charge in [-0.25, -0.2) is 4.79 Å². The van der Waals surface area contributed by atoms with Gasteiger partial charge in [0.1, 0.15) is 0 Å². The number of hydrogen-bond donors (Lipinski definition) is 1. The zero-order valence-electron chi connectivity index (χ0n) is 18.5. The number of carbonyl (C=O) groups is 2. The molecule has 1 saturated heterocycles. The van der Waals surface area contributed by atoms with Gasteiger partial charge in [0.2, 0.25) is 5.91 Å². The number of piperidine rings is 1. The normalized spacial score (nSPS) is 15.8. The van der Waals surface area contributed by atoms with Gasteiger partial charge in [0.15, 0.2) is 11.5 Å². The number of amides is 3. The lowest BCUT2D eigenvalue weighted by atomic mass is 9.96. The first kappa shape index (κ1) is 22.5. The number of benzene rings is 2. The molecule has 31 heavy (non-hydrogen) atoms. The largest absolute Gasteiger partial charge is 0.493 e. The molecule has 0 spiro atoms. The molecule has 2 aromatic carbocycles. The smallest absolute Gasteiger partial charge is 0.321 e. The van der Waals surface area contributed by atoms with Crippen LogP contribution in [0.2, 0.25) is 0 Å². The second-order valence-electron chi connectivity index (χ2n) is 7.78. The maximum absolute atomic E-state index is 13.0. The van der Waals surface area contributed by atoms with E-state index in [4.69, 9.17) is 9.47 Å². The Labute approximate surface area is 183 Å². The van der Waals surface area contributed by atoms with E-state index >= 15 is 0 Å². The van der Waals surface area contributed by atoms with Crippen LogP contribution in [-0.4, -0.2) is 62.6 Å². The molecule has 0 saturated carbocycles. The van der Waals surface area contributed by atoms with Crippen molar-refractivity contribution in [2.75, 3.05) is 46.2 Å². The Bertz CT molecular complexity index is 888. The van der Waals surface area contributed by atoms with Gasteiger partial charge in [-0.15, -0.1) is 0 Å². The van der Waals surface area contributed by atoms with Crippen molar-refractivity contribution < 1.29 is 19.1 Å². The van der Waals surface area contributed by atoms with Crippen LogP contribution in [0.15, 0.2) is 48.5 Å². The van der Waals surface area contributed by atoms with Crippen molar-refractivity contribution >= 4 is 17.6 Å². The number of nitrogens with zero attached hydrogens (tertiary/aromatic N) is 2. The highest BCUT2D eigenvalue weighted by atomic mass is 16.5. The Morgan fingerprint density at radius 3 is 2.55 bits per heavy atom. The summed E-state index contributed by atoms with van der Waals surface area (Å²) in [4.78, 5) is 29.1. The standard InChI is InChI=1S/C24H31N3O4/c1-26(15-13-18-11-12-21(30-2)22(16-18)31-3)23(28)19-8-7-14-27(17-19)24(29)25-20-9-5-4-6-10-20/h4-6,9-12,16,19H,7-8,13-15,17H2,1-3H3,(H,25,29)/t19-/m0/s1. The van der Waals surface area contributed by atoms with Crippen LogP contribution < -0.4 is 14.8 Å². The molecule has 7 nitrogen and oxygen atoms in total. The minimum atomic E-state index is -0.175. The van der Waals surface area contributed by atoms with E-state index in [1.54, 1.807) is 24.0 Å². The summed E-state index contributed by atoms with van der Waals surface area (Å²) in [5.41, 5.74) is 1.83. The number of nitrogens with one attached hydrogen (secondary N) is 1. The summed E-state index contributed by atoms with van der Waals surface area (Å²) < 4.78 is 10.6. The van der Waals surface area contributed by atoms with E-state index in [1.807, 2.05) is 55.6 Å². The fourth-order valence-electron chi connectivity index (χ4n) is 3.84. The molecule has 1 aliphatic rings. The molecule has 3 amide bonds. The molecule has 1 atom stereocenters. The Morgan fingerprint density at radius 2 is 1.84 bits per heavy atom. The van der Waals surface area contributed by atoms with Gasteiger partial charge < -0.3 is 24.6 Å². The fourth-order valence-corrected chi connectivity index (χ4v) is 3.84. The van der Waals surface area contributed by atoms with Gasteiger partial charge in [0.05, 0.1) is 20.1 Å². The highest BCUT2D eigenvalue weighted by molar-refractivity contribution is 5.90. The molecule has 0 aliphatic carbocycles. The molecule has 0 radical (unpaired) electrons. The number of methoxy groups -OCH3 is 2. The highest BCUT2D eigenvalue weighted by Crippen LogP contribution is 2.28. The number of anilines is 1. The Balaban J connectivity index is 1.53. The van der Waals surface area contributed by atoms with Crippen LogP contribution >= 0.6 is 0 Å². The maximum atomic E-state index is 13.0. The van der Waals surface area contributed by atoms with E-state index in [1.165, 1.54) is 0 Å². The minimum Gasteiger partial charge on any atom is -0.493 e. The first-order valence-electron chi connectivity index (χ1n) is 10.6. The molecule has 166 valence electrons. The number of rotatable bonds is 7. The molecule has 0 aromatic heterocycles. The summed E-state index contributed by atoms with van der Waals surface area (Å²) in [5, 5.41) is 2.91. The summed E-state index contributed by atoms with van der Waals surface area (Å²) in [6.45, 7) is 1.71. The molecule has 0 unspecified atom stereocenters. The SMILES string of the molecule is COc1ccc(CCN(C)C(=O)[C@H]2CCCN(C(=O)Nc3ccccc3)C2)cc1OC. The van der Waals surface area contributed by atoms with Crippen molar-refractivity contribution in [2.24, 2.45) is 5.92 Å². The number of likely N-dealkylation sites (tertiary alicyclic amines) is 1.